The van der Waals surface area contributed by atoms with Crippen LogP contribution >= 0.6 is 0 Å². The predicted octanol–water partition coefficient (Wildman–Crippen LogP) is 3.18. The third-order valence-corrected chi connectivity index (χ3v) is 5.84. The summed E-state index contributed by atoms with van der Waals surface area (Å²) in [4.78, 5) is 32.5. The Hall–Kier alpha value is -4.08. The first-order valence-electron chi connectivity index (χ1n) is 10.3. The zero-order valence-corrected chi connectivity index (χ0v) is 17.4. The molecule has 0 atom stereocenters. The van der Waals surface area contributed by atoms with Gasteiger partial charge in [0.15, 0.2) is 0 Å². The number of nitrogens with zero attached hydrogens (tertiary/aromatic N) is 4. The number of fused-ring (bicyclic) bond motifs is 3. The summed E-state index contributed by atoms with van der Waals surface area (Å²) in [6.07, 6.45) is 0.367. The van der Waals surface area contributed by atoms with Crippen molar-refractivity contribution in [3.05, 3.63) is 58.5 Å². The largest absolute Gasteiger partial charge is 0.481 e. The van der Waals surface area contributed by atoms with Gasteiger partial charge in [-0.05, 0) is 31.0 Å². The monoisotopic (exact) mass is 434 g/mol. The number of aromatic amines is 1. The number of nitrogens with one attached hydrogen (secondary N) is 2. The van der Waals surface area contributed by atoms with Gasteiger partial charge in [-0.25, -0.2) is 9.31 Å². The maximum absolute atomic E-state index is 12.6. The normalized spacial score (nSPS) is 14.7. The van der Waals surface area contributed by atoms with Crippen LogP contribution in [0.15, 0.2) is 47.3 Å². The minimum Gasteiger partial charge on any atom is -0.481 e. The molecule has 10 nitrogen and oxygen atoms in total. The Balaban J connectivity index is 1.59. The molecule has 4 aromatic rings. The molecule has 0 unspecified atom stereocenters. The lowest BCUT2D eigenvalue weighted by Crippen LogP contribution is -2.37. The molecule has 32 heavy (non-hydrogen) atoms. The van der Waals surface area contributed by atoms with Gasteiger partial charge < -0.3 is 25.0 Å². The van der Waals surface area contributed by atoms with Crippen molar-refractivity contribution >= 4 is 34.1 Å². The summed E-state index contributed by atoms with van der Waals surface area (Å²) in [6, 6.07) is 12.7. The Kier molecular flexibility index (Phi) is 4.89. The van der Waals surface area contributed by atoms with Crippen LogP contribution in [-0.2, 0) is 0 Å². The van der Waals surface area contributed by atoms with E-state index >= 15 is 0 Å². The number of amides is 1. The smallest absolute Gasteiger partial charge is 0.407 e. The fourth-order valence-corrected chi connectivity index (χ4v) is 4.28. The van der Waals surface area contributed by atoms with Gasteiger partial charge in [0.25, 0.3) is 5.56 Å². The molecule has 3 aromatic heterocycles. The Morgan fingerprint density at radius 3 is 2.75 bits per heavy atom. The Morgan fingerprint density at radius 2 is 2.00 bits per heavy atom. The van der Waals surface area contributed by atoms with Gasteiger partial charge in [-0.1, -0.05) is 12.1 Å². The highest BCUT2D eigenvalue weighted by Gasteiger charge is 2.26. The van der Waals surface area contributed by atoms with Crippen molar-refractivity contribution < 1.29 is 14.6 Å². The van der Waals surface area contributed by atoms with E-state index in [4.69, 9.17) is 9.84 Å². The highest BCUT2D eigenvalue weighted by atomic mass is 16.5. The number of ether oxygens (including phenoxy) is 1. The van der Waals surface area contributed by atoms with Crippen molar-refractivity contribution in [3.63, 3.8) is 0 Å². The summed E-state index contributed by atoms with van der Waals surface area (Å²) in [7, 11) is 1.56. The topological polar surface area (TPSA) is 125 Å². The second-order valence-electron chi connectivity index (χ2n) is 7.75. The lowest BCUT2D eigenvalue weighted by Gasteiger charge is -2.30. The van der Waals surface area contributed by atoms with E-state index in [-0.39, 0.29) is 11.5 Å². The number of H-pyrrole nitrogens is 1. The molecule has 0 bridgehead atoms. The van der Waals surface area contributed by atoms with Crippen LogP contribution in [0, 0.1) is 0 Å². The summed E-state index contributed by atoms with van der Waals surface area (Å²) in [6.45, 7) is 0.868. The third-order valence-electron chi connectivity index (χ3n) is 5.84. The molecule has 5 rings (SSSR count). The SMILES string of the molecule is COc1cccc(Nc2cccc3nn4c(C5CCN(C(=O)O)CC5)cc(=O)[nH]c4c23)n1. The van der Waals surface area contributed by atoms with Gasteiger partial charge in [-0.15, -0.1) is 0 Å². The number of benzene rings is 1. The first-order chi connectivity index (χ1) is 15.5. The molecule has 1 amide bonds. The molecule has 1 saturated heterocycles. The lowest BCUT2D eigenvalue weighted by molar-refractivity contribution is 0.131. The molecule has 164 valence electrons. The number of hydrogen-bond acceptors (Lipinski definition) is 6. The van der Waals surface area contributed by atoms with E-state index in [1.54, 1.807) is 23.8 Å². The Morgan fingerprint density at radius 1 is 1.22 bits per heavy atom. The maximum Gasteiger partial charge on any atom is 0.407 e. The Labute approximate surface area is 182 Å². The van der Waals surface area contributed by atoms with Gasteiger partial charge in [-0.2, -0.15) is 10.1 Å². The highest BCUT2D eigenvalue weighted by Crippen LogP contribution is 2.32. The summed E-state index contributed by atoms with van der Waals surface area (Å²) >= 11 is 0. The summed E-state index contributed by atoms with van der Waals surface area (Å²) in [5.74, 6) is 1.14. The molecular weight excluding hydrogens is 412 g/mol. The maximum atomic E-state index is 12.6. The van der Waals surface area contributed by atoms with Crippen LogP contribution in [0.2, 0.25) is 0 Å². The summed E-state index contributed by atoms with van der Waals surface area (Å²) in [5.41, 5.74) is 2.64. The summed E-state index contributed by atoms with van der Waals surface area (Å²) in [5, 5.41) is 18.1. The van der Waals surface area contributed by atoms with Crippen molar-refractivity contribution in [2.24, 2.45) is 0 Å². The van der Waals surface area contributed by atoms with Crippen molar-refractivity contribution in [3.8, 4) is 5.88 Å². The third kappa shape index (κ3) is 3.49. The quantitative estimate of drug-likeness (QED) is 0.450. The number of methoxy groups -OCH3 is 1. The van der Waals surface area contributed by atoms with E-state index in [2.05, 4.69) is 15.3 Å². The molecule has 0 spiro atoms. The van der Waals surface area contributed by atoms with Crippen LogP contribution in [0.5, 0.6) is 5.88 Å². The molecule has 1 aliphatic heterocycles. The summed E-state index contributed by atoms with van der Waals surface area (Å²) < 4.78 is 6.98. The van der Waals surface area contributed by atoms with Crippen LogP contribution < -0.4 is 15.6 Å². The van der Waals surface area contributed by atoms with E-state index in [9.17, 15) is 14.7 Å². The fourth-order valence-electron chi connectivity index (χ4n) is 4.28. The van der Waals surface area contributed by atoms with Gasteiger partial charge in [0.2, 0.25) is 5.88 Å². The van der Waals surface area contributed by atoms with E-state index < -0.39 is 6.09 Å². The van der Waals surface area contributed by atoms with E-state index in [0.29, 0.717) is 43.3 Å². The second kappa shape index (κ2) is 7.88. The van der Waals surface area contributed by atoms with Gasteiger partial charge >= 0.3 is 6.09 Å². The average Bonchev–Trinajstić information content (AvgIpc) is 3.18. The van der Waals surface area contributed by atoms with Crippen LogP contribution in [-0.4, -0.2) is 55.9 Å². The molecule has 4 heterocycles. The molecule has 3 N–H and O–H groups in total. The van der Waals surface area contributed by atoms with Gasteiger partial charge in [0, 0.05) is 31.1 Å². The van der Waals surface area contributed by atoms with Crippen LogP contribution in [0.1, 0.15) is 24.5 Å². The molecule has 0 saturated carbocycles. The van der Waals surface area contributed by atoms with Crippen LogP contribution in [0.3, 0.4) is 0 Å². The average molecular weight is 434 g/mol. The van der Waals surface area contributed by atoms with E-state index in [1.165, 1.54) is 4.90 Å². The number of likely N-dealkylation sites (tertiary alicyclic amines) is 1. The van der Waals surface area contributed by atoms with Crippen LogP contribution in [0.4, 0.5) is 16.3 Å². The minimum atomic E-state index is -0.911. The first kappa shape index (κ1) is 19.9. The van der Waals surface area contributed by atoms with Gasteiger partial charge in [0.05, 0.1) is 29.4 Å². The Bertz CT molecular complexity index is 1370. The number of anilines is 2. The number of carboxylic acid groups (broad SMARTS) is 1. The molecule has 10 heteroatoms. The number of carbonyl (C=O) groups is 1. The number of hydrogen-bond donors (Lipinski definition) is 3. The molecule has 0 aliphatic carbocycles. The van der Waals surface area contributed by atoms with Gasteiger partial charge in [-0.3, -0.25) is 4.79 Å². The number of piperidine rings is 1. The zero-order valence-electron chi connectivity index (χ0n) is 17.4. The number of rotatable bonds is 4. The van der Waals surface area contributed by atoms with E-state index in [1.807, 2.05) is 30.3 Å². The van der Waals surface area contributed by atoms with Crippen molar-refractivity contribution in [2.75, 3.05) is 25.5 Å². The molecule has 0 radical (unpaired) electrons. The number of pyridine rings is 1. The van der Waals surface area contributed by atoms with Crippen molar-refractivity contribution in [2.45, 2.75) is 18.8 Å². The second-order valence-corrected chi connectivity index (χ2v) is 7.75. The highest BCUT2D eigenvalue weighted by molar-refractivity contribution is 6.03. The lowest BCUT2D eigenvalue weighted by atomic mass is 9.93. The van der Waals surface area contributed by atoms with E-state index in [0.717, 1.165) is 22.3 Å². The fraction of sp³-hybridized carbons (Fsp3) is 0.273. The van der Waals surface area contributed by atoms with Crippen molar-refractivity contribution in [1.29, 1.82) is 0 Å². The predicted molar refractivity (Wildman–Crippen MR) is 119 cm³/mol. The van der Waals surface area contributed by atoms with Gasteiger partial charge in [0.1, 0.15) is 11.5 Å². The van der Waals surface area contributed by atoms with Crippen molar-refractivity contribution in [1.82, 2.24) is 24.5 Å². The van der Waals surface area contributed by atoms with Crippen LogP contribution in [0.25, 0.3) is 16.6 Å². The minimum absolute atomic E-state index is 0.0428. The molecular formula is C22H22N6O4. The molecule has 1 aliphatic rings. The number of aromatic nitrogens is 4. The molecule has 1 aromatic carbocycles. The first-order valence-corrected chi connectivity index (χ1v) is 10.3. The standard InChI is InChI=1S/C22H22N6O4/c1-32-19-7-3-6-17(24-19)23-14-4-2-5-15-20(14)21-25-18(29)12-16(28(21)26-15)13-8-10-27(11-9-13)22(30)31/h2-7,12-13H,8-11H2,1H3,(H,23,24)(H,25,29)(H,30,31). The zero-order chi connectivity index (χ0) is 22.2. The molecule has 1 fully saturated rings.